The van der Waals surface area contributed by atoms with Crippen molar-refractivity contribution in [2.45, 2.75) is 58.4 Å². The second-order valence-electron chi connectivity index (χ2n) is 6.14. The number of unbranched alkanes of at least 4 members (excludes halogenated alkanes) is 1. The number of nitrogens with zero attached hydrogens (tertiary/aromatic N) is 1. The first-order chi connectivity index (χ1) is 10.2. The normalized spacial score (nSPS) is 17.6. The minimum atomic E-state index is -0.0708. The van der Waals surface area contributed by atoms with E-state index in [1.807, 2.05) is 6.07 Å². The summed E-state index contributed by atoms with van der Waals surface area (Å²) in [5, 5.41) is 3.46. The molecule has 1 aromatic rings. The summed E-state index contributed by atoms with van der Waals surface area (Å²) in [5.41, 5.74) is 1.82. The van der Waals surface area contributed by atoms with Gasteiger partial charge in [-0.3, -0.25) is 0 Å². The Bertz CT molecular complexity index is 425. The Kier molecular flexibility index (Phi) is 6.50. The summed E-state index contributed by atoms with van der Waals surface area (Å²) in [6.07, 6.45) is 7.25. The Morgan fingerprint density at radius 3 is 2.52 bits per heavy atom. The van der Waals surface area contributed by atoms with Crippen molar-refractivity contribution in [1.29, 1.82) is 0 Å². The first-order valence-corrected chi connectivity index (χ1v) is 8.50. The average molecular weight is 292 g/mol. The third kappa shape index (κ3) is 4.70. The summed E-state index contributed by atoms with van der Waals surface area (Å²) in [6.45, 7) is 7.26. The van der Waals surface area contributed by atoms with Crippen molar-refractivity contribution in [3.63, 3.8) is 0 Å². The first-order valence-electron chi connectivity index (χ1n) is 8.50. The van der Waals surface area contributed by atoms with Crippen molar-refractivity contribution in [3.05, 3.63) is 29.6 Å². The Morgan fingerprint density at radius 2 is 1.90 bits per heavy atom. The molecule has 1 atom stereocenters. The molecule has 1 fully saturated rings. The summed E-state index contributed by atoms with van der Waals surface area (Å²) in [5.74, 6) is -0.0708. The van der Waals surface area contributed by atoms with Gasteiger partial charge in [0.15, 0.2) is 0 Å². The third-order valence-corrected chi connectivity index (χ3v) is 4.40. The Balaban J connectivity index is 2.02. The van der Waals surface area contributed by atoms with Gasteiger partial charge in [-0.25, -0.2) is 4.39 Å². The van der Waals surface area contributed by atoms with Crippen LogP contribution in [-0.4, -0.2) is 19.6 Å². The average Bonchev–Trinajstić information content (AvgIpc) is 2.76. The van der Waals surface area contributed by atoms with Crippen LogP contribution in [0.25, 0.3) is 0 Å². The third-order valence-electron chi connectivity index (χ3n) is 4.40. The molecule has 1 aromatic carbocycles. The second kappa shape index (κ2) is 8.38. The predicted molar refractivity (Wildman–Crippen MR) is 88.4 cm³/mol. The van der Waals surface area contributed by atoms with Gasteiger partial charge in [0.2, 0.25) is 0 Å². The summed E-state index contributed by atoms with van der Waals surface area (Å²) in [6, 6.07) is 5.97. The van der Waals surface area contributed by atoms with Crippen molar-refractivity contribution in [2.24, 2.45) is 0 Å². The van der Waals surface area contributed by atoms with Crippen LogP contribution in [-0.2, 0) is 0 Å². The molecule has 3 heteroatoms. The minimum Gasteiger partial charge on any atom is -0.369 e. The number of halogens is 1. The number of hydrogen-bond donors (Lipinski definition) is 1. The summed E-state index contributed by atoms with van der Waals surface area (Å²) >= 11 is 0. The molecule has 1 aliphatic rings. The van der Waals surface area contributed by atoms with Crippen LogP contribution >= 0.6 is 0 Å². The van der Waals surface area contributed by atoms with E-state index in [9.17, 15) is 4.39 Å². The van der Waals surface area contributed by atoms with Crippen molar-refractivity contribution in [3.8, 4) is 0 Å². The van der Waals surface area contributed by atoms with Gasteiger partial charge in [-0.1, -0.05) is 32.3 Å². The molecular weight excluding hydrogens is 263 g/mol. The molecule has 118 valence electrons. The van der Waals surface area contributed by atoms with Gasteiger partial charge in [-0.2, -0.15) is 0 Å². The maximum atomic E-state index is 14.4. The van der Waals surface area contributed by atoms with E-state index in [2.05, 4.69) is 30.1 Å². The maximum absolute atomic E-state index is 14.4. The number of rotatable bonds is 6. The van der Waals surface area contributed by atoms with Crippen LogP contribution in [0.4, 0.5) is 10.1 Å². The minimum absolute atomic E-state index is 0.0708. The quantitative estimate of drug-likeness (QED) is 0.767. The van der Waals surface area contributed by atoms with Gasteiger partial charge < -0.3 is 10.2 Å². The van der Waals surface area contributed by atoms with E-state index >= 15 is 0 Å². The maximum Gasteiger partial charge on any atom is 0.146 e. The smallest absolute Gasteiger partial charge is 0.146 e. The molecule has 0 unspecified atom stereocenters. The molecular formula is C18H29FN2. The largest absolute Gasteiger partial charge is 0.369 e. The molecule has 0 bridgehead atoms. The van der Waals surface area contributed by atoms with Crippen LogP contribution in [0.3, 0.4) is 0 Å². The van der Waals surface area contributed by atoms with Gasteiger partial charge >= 0.3 is 0 Å². The fraction of sp³-hybridized carbons (Fsp3) is 0.667. The number of anilines is 1. The van der Waals surface area contributed by atoms with Crippen molar-refractivity contribution in [2.75, 3.05) is 24.5 Å². The lowest BCUT2D eigenvalue weighted by Crippen LogP contribution is -2.25. The zero-order valence-corrected chi connectivity index (χ0v) is 13.5. The zero-order chi connectivity index (χ0) is 15.1. The Morgan fingerprint density at radius 1 is 1.19 bits per heavy atom. The Labute approximate surface area is 128 Å². The van der Waals surface area contributed by atoms with Crippen LogP contribution in [0, 0.1) is 5.82 Å². The van der Waals surface area contributed by atoms with Gasteiger partial charge in [0.1, 0.15) is 5.82 Å². The van der Waals surface area contributed by atoms with Crippen molar-refractivity contribution < 1.29 is 4.39 Å². The van der Waals surface area contributed by atoms with Crippen LogP contribution in [0.1, 0.15) is 64.0 Å². The van der Waals surface area contributed by atoms with Gasteiger partial charge in [0.25, 0.3) is 0 Å². The molecule has 0 radical (unpaired) electrons. The second-order valence-corrected chi connectivity index (χ2v) is 6.14. The highest BCUT2D eigenvalue weighted by molar-refractivity contribution is 5.49. The van der Waals surface area contributed by atoms with E-state index < -0.39 is 0 Å². The molecule has 1 aliphatic heterocycles. The van der Waals surface area contributed by atoms with Gasteiger partial charge in [0.05, 0.1) is 5.69 Å². The van der Waals surface area contributed by atoms with Crippen LogP contribution in [0.5, 0.6) is 0 Å². The molecule has 0 aliphatic carbocycles. The number of hydrogen-bond acceptors (Lipinski definition) is 2. The SMILES string of the molecule is CCCCN[C@H](C)c1ccc(N2CCCCCC2)c(F)c1. The highest BCUT2D eigenvalue weighted by atomic mass is 19.1. The first kappa shape index (κ1) is 16.3. The van der Waals surface area contributed by atoms with Crippen molar-refractivity contribution >= 4 is 5.69 Å². The van der Waals surface area contributed by atoms with Gasteiger partial charge in [-0.15, -0.1) is 0 Å². The fourth-order valence-corrected chi connectivity index (χ4v) is 2.97. The molecule has 1 N–H and O–H groups in total. The highest BCUT2D eigenvalue weighted by Gasteiger charge is 2.15. The van der Waals surface area contributed by atoms with E-state index in [1.165, 1.54) is 38.5 Å². The van der Waals surface area contributed by atoms with Gasteiger partial charge in [-0.05, 0) is 50.4 Å². The molecule has 0 spiro atoms. The van der Waals surface area contributed by atoms with Crippen molar-refractivity contribution in [1.82, 2.24) is 5.32 Å². The zero-order valence-electron chi connectivity index (χ0n) is 13.5. The molecule has 0 saturated carbocycles. The predicted octanol–water partition coefficient (Wildman–Crippen LogP) is 4.66. The number of nitrogens with one attached hydrogen (secondary N) is 1. The molecule has 2 nitrogen and oxygen atoms in total. The van der Waals surface area contributed by atoms with E-state index in [0.29, 0.717) is 0 Å². The topological polar surface area (TPSA) is 15.3 Å². The highest BCUT2D eigenvalue weighted by Crippen LogP contribution is 2.25. The number of benzene rings is 1. The van der Waals surface area contributed by atoms with Crippen LogP contribution in [0.15, 0.2) is 18.2 Å². The lowest BCUT2D eigenvalue weighted by molar-refractivity contribution is 0.547. The summed E-state index contributed by atoms with van der Waals surface area (Å²) in [7, 11) is 0. The summed E-state index contributed by atoms with van der Waals surface area (Å²) < 4.78 is 14.4. The molecule has 2 rings (SSSR count). The molecule has 0 aromatic heterocycles. The van der Waals surface area contributed by atoms with Crippen LogP contribution < -0.4 is 10.2 Å². The lowest BCUT2D eigenvalue weighted by atomic mass is 10.1. The van der Waals surface area contributed by atoms with Gasteiger partial charge in [0, 0.05) is 19.1 Å². The van der Waals surface area contributed by atoms with E-state index in [1.54, 1.807) is 6.07 Å². The molecule has 1 saturated heterocycles. The Hall–Kier alpha value is -1.09. The lowest BCUT2D eigenvalue weighted by Gasteiger charge is -2.24. The fourth-order valence-electron chi connectivity index (χ4n) is 2.97. The molecule has 1 heterocycles. The summed E-state index contributed by atoms with van der Waals surface area (Å²) in [4.78, 5) is 2.21. The monoisotopic (exact) mass is 292 g/mol. The van der Waals surface area contributed by atoms with E-state index in [0.717, 1.165) is 30.9 Å². The van der Waals surface area contributed by atoms with E-state index in [4.69, 9.17) is 0 Å². The van der Waals surface area contributed by atoms with E-state index in [-0.39, 0.29) is 11.9 Å². The standard InChI is InChI=1S/C18H29FN2/c1-3-4-11-20-15(2)16-9-10-18(17(19)14-16)21-12-7-5-6-8-13-21/h9-10,14-15,20H,3-8,11-13H2,1-2H3/t15-/m1/s1. The molecule has 0 amide bonds. The van der Waals surface area contributed by atoms with Crippen LogP contribution in [0.2, 0.25) is 0 Å². The molecule has 21 heavy (non-hydrogen) atoms.